The van der Waals surface area contributed by atoms with Crippen LogP contribution in [0.5, 0.6) is 0 Å². The Balaban J connectivity index is 1.28. The van der Waals surface area contributed by atoms with Crippen molar-refractivity contribution in [2.24, 2.45) is 56.2 Å². The van der Waals surface area contributed by atoms with E-state index in [0.717, 1.165) is 50.5 Å². The molecule has 6 rings (SSSR count). The number of ketones is 1. The molecule has 5 aliphatic rings. The lowest BCUT2D eigenvalue weighted by Gasteiger charge is -2.72. The van der Waals surface area contributed by atoms with Crippen molar-refractivity contribution in [2.45, 2.75) is 139 Å². The summed E-state index contributed by atoms with van der Waals surface area (Å²) in [5.41, 5.74) is 0.440. The minimum absolute atomic E-state index is 0.00177. The summed E-state index contributed by atoms with van der Waals surface area (Å²) in [6.45, 7) is 19.5. The number of aliphatic hydroxyl groups excluding tert-OH is 1. The molecule has 9 heteroatoms. The second-order valence-electron chi connectivity index (χ2n) is 20.0. The van der Waals surface area contributed by atoms with E-state index in [1.165, 1.54) is 5.57 Å². The van der Waals surface area contributed by atoms with Crippen LogP contribution in [-0.2, 0) is 19.1 Å². The molecule has 1 unspecified atom stereocenters. The van der Waals surface area contributed by atoms with E-state index in [4.69, 9.17) is 4.74 Å². The standard InChI is InChI=1S/C44H64N2O7/c1-26(2)35-29(47)23-44(32(48)25-46(10)37(50)27-15-21-45-22-16-27)20-19-42(8)28(36(35)44)11-12-31-41(7)17-14-33(53-34(49)24-39(3,4)38(51)52)40(5,6)30(41)13-18-43(31,42)9/h15-16,21-22,26,28,30-33,48H,11-14,17-20,23-25H2,1-10H3,(H,51,52)/t28-,30+,31-,32+,33?,41+,42-,43-,44+/m1/s1. The first-order chi connectivity index (χ1) is 24.6. The number of hydrogen-bond acceptors (Lipinski definition) is 7. The summed E-state index contributed by atoms with van der Waals surface area (Å²) >= 11 is 0. The van der Waals surface area contributed by atoms with E-state index in [9.17, 15) is 29.4 Å². The number of amides is 1. The zero-order valence-corrected chi connectivity index (χ0v) is 33.9. The van der Waals surface area contributed by atoms with Gasteiger partial charge in [-0.15, -0.1) is 0 Å². The lowest BCUT2D eigenvalue weighted by atomic mass is 9.33. The third kappa shape index (κ3) is 6.01. The summed E-state index contributed by atoms with van der Waals surface area (Å²) in [4.78, 5) is 57.9. The fourth-order valence-electron chi connectivity index (χ4n) is 13.1. The first kappa shape index (κ1) is 39.6. The summed E-state index contributed by atoms with van der Waals surface area (Å²) < 4.78 is 6.15. The molecule has 5 aliphatic carbocycles. The summed E-state index contributed by atoms with van der Waals surface area (Å²) in [5, 5.41) is 21.9. The van der Waals surface area contributed by atoms with Crippen molar-refractivity contribution in [3.63, 3.8) is 0 Å². The van der Waals surface area contributed by atoms with Crippen LogP contribution in [0.15, 0.2) is 35.7 Å². The van der Waals surface area contributed by atoms with Gasteiger partial charge in [0.1, 0.15) is 6.10 Å². The molecule has 1 heterocycles. The van der Waals surface area contributed by atoms with E-state index in [2.05, 4.69) is 53.5 Å². The van der Waals surface area contributed by atoms with Crippen molar-refractivity contribution in [3.8, 4) is 0 Å². The Hall–Kier alpha value is -3.07. The number of aliphatic carboxylic acids is 1. The van der Waals surface area contributed by atoms with Gasteiger partial charge in [-0.05, 0) is 123 Å². The molecule has 9 nitrogen and oxygen atoms in total. The third-order valence-corrected chi connectivity index (χ3v) is 16.2. The van der Waals surface area contributed by atoms with E-state index in [1.807, 2.05) is 0 Å². The van der Waals surface area contributed by atoms with Gasteiger partial charge in [0, 0.05) is 48.8 Å². The van der Waals surface area contributed by atoms with Gasteiger partial charge >= 0.3 is 11.9 Å². The highest BCUT2D eigenvalue weighted by Gasteiger charge is 2.71. The fourth-order valence-corrected chi connectivity index (χ4v) is 13.1. The number of aromatic nitrogens is 1. The first-order valence-electron chi connectivity index (χ1n) is 20.1. The molecule has 0 bridgehead atoms. The fraction of sp³-hybridized carbons (Fsp3) is 0.750. The molecule has 0 spiro atoms. The average Bonchev–Trinajstić information content (AvgIpc) is 3.39. The number of aliphatic hydroxyl groups is 1. The van der Waals surface area contributed by atoms with Crippen molar-refractivity contribution < 1.29 is 34.1 Å². The number of carbonyl (C=O) groups excluding carboxylic acids is 3. The molecule has 2 N–H and O–H groups in total. The molecule has 1 aromatic heterocycles. The zero-order chi connectivity index (χ0) is 39.1. The van der Waals surface area contributed by atoms with Gasteiger partial charge in [0.2, 0.25) is 0 Å². The summed E-state index contributed by atoms with van der Waals surface area (Å²) in [6, 6.07) is 3.38. The molecule has 1 amide bonds. The quantitative estimate of drug-likeness (QED) is 0.245. The van der Waals surface area contributed by atoms with Crippen LogP contribution in [0.2, 0.25) is 0 Å². The molecule has 53 heavy (non-hydrogen) atoms. The van der Waals surface area contributed by atoms with Gasteiger partial charge in [-0.25, -0.2) is 0 Å². The van der Waals surface area contributed by atoms with Crippen LogP contribution in [0.3, 0.4) is 0 Å². The van der Waals surface area contributed by atoms with Gasteiger partial charge < -0.3 is 19.8 Å². The number of nitrogens with zero attached hydrogens (tertiary/aromatic N) is 2. The number of esters is 1. The third-order valence-electron chi connectivity index (χ3n) is 16.2. The maximum atomic E-state index is 14.1. The van der Waals surface area contributed by atoms with Crippen molar-refractivity contribution in [1.29, 1.82) is 0 Å². The number of fused-ring (bicyclic) bond motifs is 7. The predicted molar refractivity (Wildman–Crippen MR) is 203 cm³/mol. The molecular weight excluding hydrogens is 668 g/mol. The minimum atomic E-state index is -1.18. The zero-order valence-electron chi connectivity index (χ0n) is 33.9. The second kappa shape index (κ2) is 13.3. The summed E-state index contributed by atoms with van der Waals surface area (Å²) in [7, 11) is 1.73. The second-order valence-corrected chi connectivity index (χ2v) is 20.0. The van der Waals surface area contributed by atoms with E-state index in [0.29, 0.717) is 30.2 Å². The number of carboxylic acid groups (broad SMARTS) is 1. The number of hydrogen-bond donors (Lipinski definition) is 2. The van der Waals surface area contributed by atoms with E-state index < -0.39 is 28.9 Å². The van der Waals surface area contributed by atoms with Crippen molar-refractivity contribution in [2.75, 3.05) is 13.6 Å². The first-order valence-corrected chi connectivity index (χ1v) is 20.1. The number of carbonyl (C=O) groups is 4. The molecule has 292 valence electrons. The predicted octanol–water partition coefficient (Wildman–Crippen LogP) is 7.91. The topological polar surface area (TPSA) is 134 Å². The number of likely N-dealkylation sites (N-methyl/N-ethyl adjacent to an activating group) is 1. The Morgan fingerprint density at radius 2 is 1.60 bits per heavy atom. The van der Waals surface area contributed by atoms with Gasteiger partial charge in [0.15, 0.2) is 5.78 Å². The van der Waals surface area contributed by atoms with Gasteiger partial charge in [0.25, 0.3) is 5.91 Å². The van der Waals surface area contributed by atoms with E-state index in [-0.39, 0.29) is 64.3 Å². The van der Waals surface area contributed by atoms with Crippen LogP contribution < -0.4 is 0 Å². The normalized spacial score (nSPS) is 36.9. The maximum absolute atomic E-state index is 14.1. The molecular formula is C44H64N2O7. The van der Waals surface area contributed by atoms with Gasteiger partial charge in [-0.3, -0.25) is 24.2 Å². The molecule has 4 saturated carbocycles. The molecule has 0 aliphatic heterocycles. The van der Waals surface area contributed by atoms with Crippen LogP contribution >= 0.6 is 0 Å². The molecule has 4 fully saturated rings. The Labute approximate surface area is 316 Å². The molecule has 9 atom stereocenters. The van der Waals surface area contributed by atoms with Crippen LogP contribution in [0.25, 0.3) is 0 Å². The Bertz CT molecular complexity index is 1680. The Morgan fingerprint density at radius 1 is 0.943 bits per heavy atom. The SMILES string of the molecule is CC(C)C1=C2[C@H]3CC[C@@H]4[C@@]5(C)CCC(OC(=O)CC(C)(C)C(=O)O)C(C)(C)[C@@H]5CC[C@@]4(C)[C@]3(C)CC[C@@]2([C@@H](O)CN(C)C(=O)c2ccncc2)CC1=O. The Morgan fingerprint density at radius 3 is 2.23 bits per heavy atom. The van der Waals surface area contributed by atoms with Crippen LogP contribution in [0.1, 0.15) is 137 Å². The highest BCUT2D eigenvalue weighted by Crippen LogP contribution is 2.77. The Kier molecular flexibility index (Phi) is 9.94. The molecule has 1 aromatic rings. The summed E-state index contributed by atoms with van der Waals surface area (Å²) in [6.07, 6.45) is 9.59. The smallest absolute Gasteiger partial charge is 0.309 e. The number of Topliss-reactive ketones (excluding diaryl/α,β-unsaturated/α-hetero) is 1. The van der Waals surface area contributed by atoms with Crippen molar-refractivity contribution >= 4 is 23.6 Å². The molecule has 0 aromatic carbocycles. The van der Waals surface area contributed by atoms with Crippen molar-refractivity contribution in [3.05, 3.63) is 41.2 Å². The molecule has 0 saturated heterocycles. The molecule has 0 radical (unpaired) electrons. The van der Waals surface area contributed by atoms with Crippen LogP contribution in [-0.4, -0.2) is 69.5 Å². The lowest BCUT2D eigenvalue weighted by Crippen LogP contribution is -2.66. The van der Waals surface area contributed by atoms with E-state index in [1.54, 1.807) is 50.3 Å². The lowest BCUT2D eigenvalue weighted by molar-refractivity contribution is -0.235. The average molecular weight is 733 g/mol. The van der Waals surface area contributed by atoms with Gasteiger partial charge in [-0.2, -0.15) is 0 Å². The van der Waals surface area contributed by atoms with Crippen molar-refractivity contribution in [1.82, 2.24) is 9.88 Å². The highest BCUT2D eigenvalue weighted by atomic mass is 16.5. The van der Waals surface area contributed by atoms with Crippen LogP contribution in [0.4, 0.5) is 0 Å². The van der Waals surface area contributed by atoms with Crippen LogP contribution in [0, 0.1) is 56.2 Å². The number of ether oxygens (including phenoxy) is 1. The highest BCUT2D eigenvalue weighted by molar-refractivity contribution is 6.01. The van der Waals surface area contributed by atoms with E-state index >= 15 is 0 Å². The minimum Gasteiger partial charge on any atom is -0.481 e. The largest absolute Gasteiger partial charge is 0.481 e. The van der Waals surface area contributed by atoms with Gasteiger partial charge in [-0.1, -0.05) is 54.0 Å². The monoisotopic (exact) mass is 732 g/mol. The summed E-state index contributed by atoms with van der Waals surface area (Å²) in [5.74, 6) is -0.459. The maximum Gasteiger partial charge on any atom is 0.309 e. The number of pyridine rings is 1. The number of carboxylic acids is 1. The number of allylic oxidation sites excluding steroid dienone is 1. The van der Waals surface area contributed by atoms with Gasteiger partial charge in [0.05, 0.1) is 17.9 Å². The number of rotatable bonds is 9.